The van der Waals surface area contributed by atoms with Crippen LogP contribution in [0.15, 0.2) is 6.07 Å². The molecule has 0 N–H and O–H groups in total. The fourth-order valence-corrected chi connectivity index (χ4v) is 3.75. The highest BCUT2D eigenvalue weighted by molar-refractivity contribution is 5.92. The summed E-state index contributed by atoms with van der Waals surface area (Å²) >= 11 is 0. The van der Waals surface area contributed by atoms with E-state index in [0.29, 0.717) is 36.7 Å². The van der Waals surface area contributed by atoms with Crippen LogP contribution in [-0.4, -0.2) is 60.2 Å². The Bertz CT molecular complexity index is 603. The molecule has 0 radical (unpaired) electrons. The topological polar surface area (TPSA) is 58.6 Å². The maximum absolute atomic E-state index is 13.1. The minimum atomic E-state index is 0.0391. The number of amides is 1. The van der Waals surface area contributed by atoms with Crippen LogP contribution in [0.25, 0.3) is 0 Å². The lowest BCUT2D eigenvalue weighted by molar-refractivity contribution is 0.0617. The summed E-state index contributed by atoms with van der Waals surface area (Å²) in [7, 11) is 0. The van der Waals surface area contributed by atoms with E-state index in [-0.39, 0.29) is 11.8 Å². The lowest BCUT2D eigenvalue weighted by Gasteiger charge is -2.35. The molecule has 0 aliphatic carbocycles. The number of morpholine rings is 1. The first-order valence-electron chi connectivity index (χ1n) is 9.45. The maximum atomic E-state index is 13.1. The Kier molecular flexibility index (Phi) is 5.57. The fourth-order valence-electron chi connectivity index (χ4n) is 3.75. The molecular formula is C19H30N4O2. The monoisotopic (exact) mass is 346 g/mol. The first-order chi connectivity index (χ1) is 11.9. The molecule has 2 aliphatic heterocycles. The lowest BCUT2D eigenvalue weighted by Crippen LogP contribution is -2.43. The quantitative estimate of drug-likeness (QED) is 0.842. The summed E-state index contributed by atoms with van der Waals surface area (Å²) < 4.78 is 5.42. The van der Waals surface area contributed by atoms with Gasteiger partial charge >= 0.3 is 0 Å². The number of rotatable bonds is 3. The molecule has 0 spiro atoms. The van der Waals surface area contributed by atoms with Gasteiger partial charge in [0.15, 0.2) is 0 Å². The van der Waals surface area contributed by atoms with Crippen molar-refractivity contribution in [3.63, 3.8) is 0 Å². The number of piperidine rings is 1. The number of likely N-dealkylation sites (tertiary alicyclic amines) is 1. The Hall–Kier alpha value is -1.69. The molecule has 0 unspecified atom stereocenters. The van der Waals surface area contributed by atoms with Crippen molar-refractivity contribution in [2.24, 2.45) is 11.8 Å². The molecule has 25 heavy (non-hydrogen) atoms. The second-order valence-electron chi connectivity index (χ2n) is 7.89. The Morgan fingerprint density at radius 2 is 1.80 bits per heavy atom. The summed E-state index contributed by atoms with van der Waals surface area (Å²) in [4.78, 5) is 26.5. The van der Waals surface area contributed by atoms with E-state index in [4.69, 9.17) is 9.72 Å². The third-order valence-corrected chi connectivity index (χ3v) is 4.99. The normalized spacial score (nSPS) is 24.7. The van der Waals surface area contributed by atoms with Crippen LogP contribution in [0.5, 0.6) is 0 Å². The molecule has 6 nitrogen and oxygen atoms in total. The van der Waals surface area contributed by atoms with Gasteiger partial charge in [-0.1, -0.05) is 27.7 Å². The van der Waals surface area contributed by atoms with Crippen molar-refractivity contribution in [3.8, 4) is 0 Å². The van der Waals surface area contributed by atoms with Crippen LogP contribution in [0.2, 0.25) is 0 Å². The summed E-state index contributed by atoms with van der Waals surface area (Å²) in [5.41, 5.74) is 1.46. The maximum Gasteiger partial charge on any atom is 0.272 e. The number of hydrogen-bond donors (Lipinski definition) is 0. The number of anilines is 1. The molecule has 3 rings (SSSR count). The molecule has 1 amide bonds. The number of carbonyl (C=O) groups excluding carboxylic acids is 1. The summed E-state index contributed by atoms with van der Waals surface area (Å²) in [6.45, 7) is 13.2. The minimum Gasteiger partial charge on any atom is -0.378 e. The van der Waals surface area contributed by atoms with Crippen molar-refractivity contribution in [1.82, 2.24) is 14.9 Å². The van der Waals surface area contributed by atoms with Gasteiger partial charge in [0, 0.05) is 31.9 Å². The first-order valence-corrected chi connectivity index (χ1v) is 9.45. The zero-order valence-electron chi connectivity index (χ0n) is 15.9. The first kappa shape index (κ1) is 18.1. The van der Waals surface area contributed by atoms with Gasteiger partial charge in [0.25, 0.3) is 5.91 Å². The van der Waals surface area contributed by atoms with Gasteiger partial charge in [-0.2, -0.15) is 0 Å². The predicted molar refractivity (Wildman–Crippen MR) is 98.0 cm³/mol. The highest BCUT2D eigenvalue weighted by atomic mass is 16.5. The van der Waals surface area contributed by atoms with E-state index in [9.17, 15) is 4.79 Å². The van der Waals surface area contributed by atoms with Crippen LogP contribution in [0.4, 0.5) is 5.95 Å². The summed E-state index contributed by atoms with van der Waals surface area (Å²) in [6.07, 6.45) is 1.18. The standard InChI is InChI=1S/C19H30N4O2/c1-13(2)16-10-17(18(24)23-11-14(3)9-15(4)12-23)21-19(20-16)22-5-7-25-8-6-22/h10,13-15H,5-9,11-12H2,1-4H3/t14-,15-/m1/s1. The molecule has 1 aromatic heterocycles. The molecule has 3 heterocycles. The number of hydrogen-bond acceptors (Lipinski definition) is 5. The summed E-state index contributed by atoms with van der Waals surface area (Å²) in [5, 5.41) is 0. The van der Waals surface area contributed by atoms with Crippen LogP contribution in [0, 0.1) is 11.8 Å². The van der Waals surface area contributed by atoms with E-state index in [1.54, 1.807) is 0 Å². The van der Waals surface area contributed by atoms with Crippen LogP contribution < -0.4 is 4.90 Å². The molecule has 2 fully saturated rings. The fraction of sp³-hybridized carbons (Fsp3) is 0.737. The zero-order chi connectivity index (χ0) is 18.0. The Labute approximate surface area is 150 Å². The van der Waals surface area contributed by atoms with E-state index in [2.05, 4.69) is 37.6 Å². The molecule has 2 aliphatic rings. The third-order valence-electron chi connectivity index (χ3n) is 4.99. The van der Waals surface area contributed by atoms with Crippen LogP contribution in [-0.2, 0) is 4.74 Å². The molecule has 138 valence electrons. The molecule has 1 aromatic rings. The van der Waals surface area contributed by atoms with E-state index in [1.165, 1.54) is 6.42 Å². The van der Waals surface area contributed by atoms with Gasteiger partial charge in [-0.05, 0) is 30.2 Å². The highest BCUT2D eigenvalue weighted by Crippen LogP contribution is 2.24. The van der Waals surface area contributed by atoms with Crippen LogP contribution in [0.3, 0.4) is 0 Å². The average Bonchev–Trinajstić information content (AvgIpc) is 2.60. The number of nitrogens with zero attached hydrogens (tertiary/aromatic N) is 4. The molecule has 2 saturated heterocycles. The molecule has 0 saturated carbocycles. The van der Waals surface area contributed by atoms with Gasteiger partial charge in [-0.25, -0.2) is 9.97 Å². The summed E-state index contributed by atoms with van der Waals surface area (Å²) in [5.74, 6) is 2.04. The van der Waals surface area contributed by atoms with E-state index in [1.807, 2.05) is 11.0 Å². The van der Waals surface area contributed by atoms with Gasteiger partial charge in [-0.15, -0.1) is 0 Å². The summed E-state index contributed by atoms with van der Waals surface area (Å²) in [6, 6.07) is 1.88. The van der Waals surface area contributed by atoms with Gasteiger partial charge in [0.1, 0.15) is 5.69 Å². The van der Waals surface area contributed by atoms with Crippen molar-refractivity contribution >= 4 is 11.9 Å². The van der Waals surface area contributed by atoms with Crippen LogP contribution in [0.1, 0.15) is 56.2 Å². The number of carbonyl (C=O) groups is 1. The zero-order valence-corrected chi connectivity index (χ0v) is 15.9. The van der Waals surface area contributed by atoms with Crippen molar-refractivity contribution in [2.75, 3.05) is 44.3 Å². The molecule has 2 atom stereocenters. The third kappa shape index (κ3) is 4.29. The lowest BCUT2D eigenvalue weighted by atomic mass is 9.91. The smallest absolute Gasteiger partial charge is 0.272 e. The van der Waals surface area contributed by atoms with Crippen molar-refractivity contribution < 1.29 is 9.53 Å². The Balaban J connectivity index is 1.88. The van der Waals surface area contributed by atoms with Crippen LogP contribution >= 0.6 is 0 Å². The van der Waals surface area contributed by atoms with Crippen molar-refractivity contribution in [3.05, 3.63) is 17.5 Å². The average molecular weight is 346 g/mol. The SMILES string of the molecule is CC(C)c1cc(C(=O)N2C[C@H](C)C[C@@H](C)C2)nc(N2CCOCC2)n1. The van der Waals surface area contributed by atoms with Gasteiger partial charge < -0.3 is 14.5 Å². The molecule has 6 heteroatoms. The predicted octanol–water partition coefficient (Wildman–Crippen LogP) is 2.55. The van der Waals surface area contributed by atoms with E-state index < -0.39 is 0 Å². The second-order valence-corrected chi connectivity index (χ2v) is 7.89. The Morgan fingerprint density at radius 3 is 2.40 bits per heavy atom. The largest absolute Gasteiger partial charge is 0.378 e. The van der Waals surface area contributed by atoms with Gasteiger partial charge in [0.2, 0.25) is 5.95 Å². The van der Waals surface area contributed by atoms with Gasteiger partial charge in [-0.3, -0.25) is 4.79 Å². The number of ether oxygens (including phenoxy) is 1. The van der Waals surface area contributed by atoms with Gasteiger partial charge in [0.05, 0.1) is 13.2 Å². The van der Waals surface area contributed by atoms with E-state index >= 15 is 0 Å². The van der Waals surface area contributed by atoms with Crippen molar-refractivity contribution in [2.45, 2.75) is 40.0 Å². The Morgan fingerprint density at radius 1 is 1.16 bits per heavy atom. The van der Waals surface area contributed by atoms with E-state index in [0.717, 1.165) is 31.9 Å². The highest BCUT2D eigenvalue weighted by Gasteiger charge is 2.28. The minimum absolute atomic E-state index is 0.0391. The molecular weight excluding hydrogens is 316 g/mol. The second kappa shape index (κ2) is 7.68. The number of aromatic nitrogens is 2. The molecule has 0 bridgehead atoms. The van der Waals surface area contributed by atoms with Crippen molar-refractivity contribution in [1.29, 1.82) is 0 Å². The molecule has 0 aromatic carbocycles.